The van der Waals surface area contributed by atoms with Gasteiger partial charge in [0, 0.05) is 6.42 Å². The molecule has 1 aliphatic carbocycles. The van der Waals surface area contributed by atoms with E-state index < -0.39 is 18.9 Å². The first-order valence-electron chi connectivity index (χ1n) is 6.50. The SMILES string of the molecule is O=C(CCOCC(F)(F)F)NC1CCCCCC1O. The molecule has 7 heteroatoms. The minimum atomic E-state index is -4.37. The normalized spacial score (nSPS) is 24.8. The molecular formula is C12H20F3NO3. The van der Waals surface area contributed by atoms with E-state index in [1.807, 2.05) is 0 Å². The maximum atomic E-state index is 11.8. The van der Waals surface area contributed by atoms with Crippen LogP contribution in [0.25, 0.3) is 0 Å². The van der Waals surface area contributed by atoms with Crippen molar-refractivity contribution in [3.05, 3.63) is 0 Å². The van der Waals surface area contributed by atoms with Gasteiger partial charge in [-0.1, -0.05) is 19.3 Å². The van der Waals surface area contributed by atoms with Crippen molar-refractivity contribution in [2.45, 2.75) is 56.8 Å². The molecule has 0 bridgehead atoms. The minimum absolute atomic E-state index is 0.126. The number of carbonyl (C=O) groups excluding carboxylic acids is 1. The largest absolute Gasteiger partial charge is 0.411 e. The molecule has 2 N–H and O–H groups in total. The summed E-state index contributed by atoms with van der Waals surface area (Å²) in [5.74, 6) is -0.381. The molecule has 1 aliphatic rings. The van der Waals surface area contributed by atoms with Crippen LogP contribution in [0.4, 0.5) is 13.2 Å². The second-order valence-corrected chi connectivity index (χ2v) is 4.80. The molecule has 0 radical (unpaired) electrons. The maximum Gasteiger partial charge on any atom is 0.411 e. The van der Waals surface area contributed by atoms with Gasteiger partial charge in [-0.25, -0.2) is 0 Å². The highest BCUT2D eigenvalue weighted by atomic mass is 19.4. The van der Waals surface area contributed by atoms with Crippen LogP contribution >= 0.6 is 0 Å². The summed E-state index contributed by atoms with van der Waals surface area (Å²) in [6.45, 7) is -1.61. The third-order valence-electron chi connectivity index (χ3n) is 3.07. The van der Waals surface area contributed by atoms with Crippen LogP contribution in [0.3, 0.4) is 0 Å². The van der Waals surface area contributed by atoms with E-state index in [-0.39, 0.29) is 25.0 Å². The minimum Gasteiger partial charge on any atom is -0.391 e. The number of rotatable bonds is 5. The Balaban J connectivity index is 2.19. The van der Waals surface area contributed by atoms with Crippen LogP contribution in [0.2, 0.25) is 0 Å². The Labute approximate surface area is 110 Å². The first-order chi connectivity index (χ1) is 8.88. The van der Waals surface area contributed by atoms with Crippen molar-refractivity contribution < 1.29 is 27.8 Å². The van der Waals surface area contributed by atoms with Crippen molar-refractivity contribution in [3.8, 4) is 0 Å². The first-order valence-corrected chi connectivity index (χ1v) is 6.50. The standard InChI is InChI=1S/C12H20F3NO3/c13-12(14,15)8-19-7-6-11(18)16-9-4-2-1-3-5-10(9)17/h9-10,17H,1-8H2,(H,16,18). The predicted molar refractivity (Wildman–Crippen MR) is 62.5 cm³/mol. The molecule has 0 spiro atoms. The number of ether oxygens (including phenoxy) is 1. The summed E-state index contributed by atoms with van der Waals surface area (Å²) >= 11 is 0. The highest BCUT2D eigenvalue weighted by molar-refractivity contribution is 5.76. The van der Waals surface area contributed by atoms with Crippen LogP contribution < -0.4 is 5.32 Å². The van der Waals surface area contributed by atoms with Crippen LogP contribution in [0.1, 0.15) is 38.5 Å². The van der Waals surface area contributed by atoms with E-state index in [0.717, 1.165) is 19.3 Å². The Morgan fingerprint density at radius 1 is 1.26 bits per heavy atom. The summed E-state index contributed by atoms with van der Waals surface area (Å²) in [4.78, 5) is 11.5. The van der Waals surface area contributed by atoms with Crippen LogP contribution in [-0.2, 0) is 9.53 Å². The number of halogens is 3. The molecule has 1 fully saturated rings. The Hall–Kier alpha value is -0.820. The quantitative estimate of drug-likeness (QED) is 0.597. The monoisotopic (exact) mass is 283 g/mol. The number of hydrogen-bond donors (Lipinski definition) is 2. The van der Waals surface area contributed by atoms with Gasteiger partial charge in [0.2, 0.25) is 5.91 Å². The third kappa shape index (κ3) is 7.37. The molecule has 1 saturated carbocycles. The maximum absolute atomic E-state index is 11.8. The summed E-state index contributed by atoms with van der Waals surface area (Å²) < 4.78 is 39.7. The van der Waals surface area contributed by atoms with E-state index in [9.17, 15) is 23.1 Å². The number of amides is 1. The van der Waals surface area contributed by atoms with Crippen LogP contribution in [-0.4, -0.2) is 42.5 Å². The summed E-state index contributed by atoms with van der Waals surface area (Å²) in [5.41, 5.74) is 0. The smallest absolute Gasteiger partial charge is 0.391 e. The van der Waals surface area contributed by atoms with Crippen molar-refractivity contribution in [2.24, 2.45) is 0 Å². The van der Waals surface area contributed by atoms with E-state index >= 15 is 0 Å². The molecule has 0 aromatic carbocycles. The van der Waals surface area contributed by atoms with E-state index in [2.05, 4.69) is 10.1 Å². The Bertz CT molecular complexity index is 284. The number of carbonyl (C=O) groups is 1. The topological polar surface area (TPSA) is 58.6 Å². The molecule has 112 valence electrons. The zero-order valence-electron chi connectivity index (χ0n) is 10.7. The van der Waals surface area contributed by atoms with Gasteiger partial charge in [-0.3, -0.25) is 4.79 Å². The molecular weight excluding hydrogens is 263 g/mol. The average Bonchev–Trinajstić information content (AvgIpc) is 2.49. The molecule has 0 aliphatic heterocycles. The van der Waals surface area contributed by atoms with E-state index in [1.54, 1.807) is 0 Å². The molecule has 0 aromatic heterocycles. The lowest BCUT2D eigenvalue weighted by atomic mass is 10.1. The molecule has 1 amide bonds. The zero-order chi connectivity index (χ0) is 14.3. The lowest BCUT2D eigenvalue weighted by Crippen LogP contribution is -2.43. The highest BCUT2D eigenvalue weighted by Gasteiger charge is 2.27. The number of aliphatic hydroxyl groups excluding tert-OH is 1. The molecule has 19 heavy (non-hydrogen) atoms. The summed E-state index contributed by atoms with van der Waals surface area (Å²) in [6.07, 6.45) is -0.811. The average molecular weight is 283 g/mol. The van der Waals surface area contributed by atoms with E-state index in [4.69, 9.17) is 0 Å². The van der Waals surface area contributed by atoms with Gasteiger partial charge >= 0.3 is 6.18 Å². The Morgan fingerprint density at radius 2 is 1.95 bits per heavy atom. The predicted octanol–water partition coefficient (Wildman–Crippen LogP) is 1.77. The zero-order valence-corrected chi connectivity index (χ0v) is 10.7. The summed E-state index contributed by atoms with van der Waals surface area (Å²) in [5, 5.41) is 12.4. The molecule has 1 rings (SSSR count). The van der Waals surface area contributed by atoms with Crippen LogP contribution in [0.5, 0.6) is 0 Å². The van der Waals surface area contributed by atoms with Crippen LogP contribution in [0.15, 0.2) is 0 Å². The molecule has 0 aromatic rings. The van der Waals surface area contributed by atoms with Crippen LogP contribution in [0, 0.1) is 0 Å². The fourth-order valence-electron chi connectivity index (χ4n) is 2.09. The second-order valence-electron chi connectivity index (χ2n) is 4.80. The number of nitrogens with one attached hydrogen (secondary N) is 1. The molecule has 0 saturated heterocycles. The van der Waals surface area contributed by atoms with Gasteiger partial charge in [0.25, 0.3) is 0 Å². The number of aliphatic hydroxyl groups is 1. The van der Waals surface area contributed by atoms with Crippen molar-refractivity contribution in [1.29, 1.82) is 0 Å². The van der Waals surface area contributed by atoms with Gasteiger partial charge < -0.3 is 15.2 Å². The first kappa shape index (κ1) is 16.2. The van der Waals surface area contributed by atoms with Crippen molar-refractivity contribution in [3.63, 3.8) is 0 Å². The lowest BCUT2D eigenvalue weighted by Gasteiger charge is -2.21. The second kappa shape index (κ2) is 7.69. The van der Waals surface area contributed by atoms with Gasteiger partial charge in [0.05, 0.1) is 18.8 Å². The van der Waals surface area contributed by atoms with Gasteiger partial charge in [-0.05, 0) is 12.8 Å². The lowest BCUT2D eigenvalue weighted by molar-refractivity contribution is -0.174. The summed E-state index contributed by atoms with van der Waals surface area (Å²) in [6, 6.07) is -0.294. The van der Waals surface area contributed by atoms with Crippen molar-refractivity contribution >= 4 is 5.91 Å². The Kier molecular flexibility index (Phi) is 6.57. The summed E-state index contributed by atoms with van der Waals surface area (Å²) in [7, 11) is 0. The van der Waals surface area contributed by atoms with Crippen molar-refractivity contribution in [1.82, 2.24) is 5.32 Å². The molecule has 2 atom stereocenters. The highest BCUT2D eigenvalue weighted by Crippen LogP contribution is 2.18. The van der Waals surface area contributed by atoms with Gasteiger partial charge in [0.15, 0.2) is 0 Å². The van der Waals surface area contributed by atoms with E-state index in [0.29, 0.717) is 12.8 Å². The molecule has 2 unspecified atom stereocenters. The molecule has 0 heterocycles. The fourth-order valence-corrected chi connectivity index (χ4v) is 2.09. The number of hydrogen-bond acceptors (Lipinski definition) is 3. The molecule has 4 nitrogen and oxygen atoms in total. The Morgan fingerprint density at radius 3 is 2.63 bits per heavy atom. The van der Waals surface area contributed by atoms with Crippen molar-refractivity contribution in [2.75, 3.05) is 13.2 Å². The van der Waals surface area contributed by atoms with Gasteiger partial charge in [0.1, 0.15) is 6.61 Å². The third-order valence-corrected chi connectivity index (χ3v) is 3.07. The fraction of sp³-hybridized carbons (Fsp3) is 0.917. The van der Waals surface area contributed by atoms with Gasteiger partial charge in [-0.15, -0.1) is 0 Å². The van der Waals surface area contributed by atoms with E-state index in [1.165, 1.54) is 0 Å². The van der Waals surface area contributed by atoms with Gasteiger partial charge in [-0.2, -0.15) is 13.2 Å². The number of alkyl halides is 3.